The van der Waals surface area contributed by atoms with Crippen LogP contribution in [0.4, 0.5) is 25.2 Å². The molecule has 842 valence electrons. The Morgan fingerprint density at radius 3 is 1.17 bits per heavy atom. The van der Waals surface area contributed by atoms with E-state index < -0.39 is 41.9 Å². The number of benzene rings is 1. The van der Waals surface area contributed by atoms with E-state index in [-0.39, 0.29) is 186 Å². The van der Waals surface area contributed by atoms with Crippen LogP contribution in [0.2, 0.25) is 15.1 Å². The predicted octanol–water partition coefficient (Wildman–Crippen LogP) is 14.1. The van der Waals surface area contributed by atoms with Gasteiger partial charge in [-0.1, -0.05) is 126 Å². The van der Waals surface area contributed by atoms with Crippen molar-refractivity contribution in [2.45, 2.75) is 221 Å². The maximum absolute atomic E-state index is 12.4. The second-order valence-corrected chi connectivity index (χ2v) is 39.5. The molecule has 0 bridgehead atoms. The second-order valence-electron chi connectivity index (χ2n) is 33.4. The number of rotatable bonds is 25. The first kappa shape index (κ1) is 159. The van der Waals surface area contributed by atoms with Gasteiger partial charge in [0.1, 0.15) is 31.0 Å². The number of pyridine rings is 3. The number of Topliss-reactive ketones (excluding diaryl/α,β-unsaturated/α-hetero) is 1. The molecule has 12 atom stereocenters. The number of aromatic nitrogens is 3. The summed E-state index contributed by atoms with van der Waals surface area (Å²) < 4.78 is 142. The molecule has 147 heavy (non-hydrogen) atoms. The third-order valence-electron chi connectivity index (χ3n) is 21.7. The van der Waals surface area contributed by atoms with E-state index in [2.05, 4.69) is 54.3 Å². The zero-order valence-electron chi connectivity index (χ0n) is 87.8. The number of allylic oxidation sites excluding steroid dienone is 1. The van der Waals surface area contributed by atoms with Crippen LogP contribution in [0.5, 0.6) is 0 Å². The number of aryl methyl sites for hydroxylation is 2. The van der Waals surface area contributed by atoms with Crippen LogP contribution in [0.3, 0.4) is 0 Å². The van der Waals surface area contributed by atoms with Crippen molar-refractivity contribution >= 4 is 148 Å². The first-order valence-corrected chi connectivity index (χ1v) is 52.7. The summed E-state index contributed by atoms with van der Waals surface area (Å²) in [5.41, 5.74) is 12.1. The number of aliphatic hydroxyl groups excluding tert-OH is 2. The quantitative estimate of drug-likeness (QED) is 0.00393. The number of ketones is 1. The van der Waals surface area contributed by atoms with Gasteiger partial charge in [-0.25, -0.2) is 4.58 Å². The summed E-state index contributed by atoms with van der Waals surface area (Å²) in [6.07, 6.45) is 26.6. The number of carbonyl (C=O) groups is 4. The molecule has 0 radical (unpaired) electrons. The third kappa shape index (κ3) is 83.5. The monoisotopic (exact) mass is 2320 g/mol. The molecular weight excluding hydrogens is 2170 g/mol. The third-order valence-corrected chi connectivity index (χ3v) is 23.8. The van der Waals surface area contributed by atoms with Crippen molar-refractivity contribution in [3.8, 4) is 0 Å². The number of halogens is 13. The number of ether oxygens (including phenoxy) is 10. The van der Waals surface area contributed by atoms with E-state index in [0.717, 1.165) is 183 Å². The fourth-order valence-corrected chi connectivity index (χ4v) is 15.7. The standard InChI is InChI=1S/C19H22ClNO4S.C13H18ClNO.C12H16ClNO2.C10H18O2.C7H14ClN2.C7H12O3.C6H11NO3.C5H7O3.3C4H8O.C2H6O.CH2Cl2.2CO2.CH4.ClH.F6P.K.Na.H2O.H/c1-13-3-5-18(6-4-13)26(22,23)25-12-16-9-17(20)10-21-19(16)14(2)15-7-8-24-11-15;1-3-10-6-12(14)7-15-13(10)9(2)11-4-5-16-8-11;1-8(9-2-3-16-7-9)12-10(6-15)4-11(13)5-14-12;1-3-4-10(11)8(2)9-5-6-12-7-9;1-9(2)5-7(8)6-10(3)4;1-5(7(8)9)6-2-3-10-4-6;7-5(6(8)9)4-1-2-10-3-4;1-2-8-5(7)3-4-6;3*1-2-4-5-3-1;1-2-3;3*2-1-3;;;1-7(2,3,4,5)6;;;;/h3-6,9-10,14-15H,7-8,11-12H2,1-2H3;6-7,9,11H,3-5,8H2,1-2H3;4-5,8-9,15H,2-3,6-7H2,1H3;8-9H,3-7H2,1-2H3;5-6H,1-4H3;5-6H,2-4H2,1H3,(H,8,9);4-5H,1-3,7H2,(H,8,9);2-3H2,1H3;3*1-4H2;3H,2H2,1H3;1H2;;;1H4;1H;;;;1H2;/q;;;;+1;;;-1;;;;;;;;;;-1;2*+1;;-1/p-1. The molecule has 9 aliphatic rings. The van der Waals surface area contributed by atoms with Crippen LogP contribution in [0, 0.1) is 54.3 Å². The number of esters is 1. The molecule has 0 amide bonds. The molecule has 12 heterocycles. The van der Waals surface area contributed by atoms with Crippen molar-refractivity contribution in [2.24, 2.45) is 53.1 Å². The summed E-state index contributed by atoms with van der Waals surface area (Å²) in [5.74, 6) is 1.33. The summed E-state index contributed by atoms with van der Waals surface area (Å²) >= 11 is 33.2. The molecule has 7 N–H and O–H groups in total. The number of aliphatic carboxylic acids is 2. The fraction of sp³-hybridized carbons (Fsp3) is 0.680. The Balaban J connectivity index is -0.000000206. The van der Waals surface area contributed by atoms with Crippen molar-refractivity contribution in [3.05, 3.63) is 127 Å². The Bertz CT molecular complexity index is 4170. The van der Waals surface area contributed by atoms with Gasteiger partial charge in [0.15, 0.2) is 6.21 Å². The molecule has 9 aliphatic heterocycles. The number of alkyl halides is 2. The summed E-state index contributed by atoms with van der Waals surface area (Å²) in [6.45, 7) is 35.1. The van der Waals surface area contributed by atoms with Crippen LogP contribution >= 0.6 is 89.8 Å². The molecule has 13 rings (SSSR count). The number of hydrogen-bond acceptors (Lipinski definition) is 30. The number of carboxylic acids is 2. The van der Waals surface area contributed by atoms with Gasteiger partial charge in [0, 0.05) is 189 Å². The van der Waals surface area contributed by atoms with E-state index in [4.69, 9.17) is 157 Å². The van der Waals surface area contributed by atoms with Gasteiger partial charge in [0.25, 0.3) is 16.1 Å². The van der Waals surface area contributed by atoms with Gasteiger partial charge in [-0.2, -0.15) is 27.6 Å². The number of aliphatic hydroxyl groups is 2. The van der Waals surface area contributed by atoms with Crippen molar-refractivity contribution in [3.63, 3.8) is 0 Å². The van der Waals surface area contributed by atoms with E-state index in [1.165, 1.54) is 56.1 Å². The Morgan fingerprint density at radius 2 is 0.898 bits per heavy atom. The average molecular weight is 2330 g/mol. The number of hydrogen-bond donors (Lipinski definition) is 5. The minimum atomic E-state index is -10.7. The molecule has 33 nitrogen and oxygen atoms in total. The first-order chi connectivity index (χ1) is 66.9. The molecule has 3 aromatic heterocycles. The summed E-state index contributed by atoms with van der Waals surface area (Å²) in [5, 5.41) is 36.6. The van der Waals surface area contributed by atoms with Crippen LogP contribution in [0.25, 0.3) is 0 Å². The minimum Gasteiger partial charge on any atom is -1.00 e. The molecule has 0 spiro atoms. The summed E-state index contributed by atoms with van der Waals surface area (Å²) in [7, 11) is -6.76. The smallest absolute Gasteiger partial charge is 1.00 e. The fourth-order valence-electron chi connectivity index (χ4n) is 13.9. The number of carbonyl (C=O) groups excluding carboxylic acids is 7. The molecule has 9 fully saturated rings. The van der Waals surface area contributed by atoms with Crippen LogP contribution < -0.4 is 86.7 Å². The van der Waals surface area contributed by atoms with Crippen molar-refractivity contribution in [1.82, 2.24) is 19.9 Å². The predicted molar refractivity (Wildman–Crippen MR) is 549 cm³/mol. The van der Waals surface area contributed by atoms with Crippen LogP contribution in [0.1, 0.15) is 225 Å². The Kier molecular flexibility index (Phi) is 99.9. The van der Waals surface area contributed by atoms with Crippen molar-refractivity contribution < 1.29 is 241 Å². The SMILES string of the molecule is C.C1CCOC1.C1CCOC1.C1CCOC1.CC(C(=O)O)C1CCOC1.CC(c1ncc(Cl)cc1CO)C1CCOC1.CCCC(=O)C(C)C1CCOC1.CCO.CCOC(=O)C[C-]=O.CCc1cc(Cl)cnc1C(C)C1CCOC1.CN(C)/C=C(\Cl)C=[N+](C)C.Cc1ccc(S(=O)(=O)OCc2cc(Cl)cnc2C(C)C2CCOC2)cc1.Cl.ClCCl.F[P-](F)(F)(F)(F)F.NC(C(=O)O)C1CCOC1.O=C=O.O=C=O.[H-].[K+].[Na+].[OH-]. The van der Waals surface area contributed by atoms with Gasteiger partial charge in [-0.05, 0) is 176 Å². The van der Waals surface area contributed by atoms with Crippen molar-refractivity contribution in [1.29, 1.82) is 0 Å². The number of nitrogens with zero attached hydrogens (tertiary/aromatic N) is 5. The summed E-state index contributed by atoms with van der Waals surface area (Å²) in [6, 6.07) is 11.4. The molecule has 1 aromatic carbocycles. The van der Waals surface area contributed by atoms with Gasteiger partial charge in [-0.3, -0.25) is 44.6 Å². The molecule has 50 heteroatoms. The van der Waals surface area contributed by atoms with Gasteiger partial charge in [0.2, 0.25) is 0 Å². The molecule has 9 saturated heterocycles. The normalized spacial score (nSPS) is 19.2. The molecular formula is C97H157Cl7F6KN6NaO27PS-. The maximum Gasteiger partial charge on any atom is 1.00 e. The van der Waals surface area contributed by atoms with Crippen LogP contribution in [0.15, 0.2) is 77.2 Å². The van der Waals surface area contributed by atoms with Crippen LogP contribution in [-0.4, -0.2) is 279 Å². The topological polar surface area (TPSA) is 471 Å². The second kappa shape index (κ2) is 92.6. The number of carboxylic acid groups (broad SMARTS) is 2. The molecule has 4 aromatic rings. The van der Waals surface area contributed by atoms with E-state index >= 15 is 0 Å². The zero-order chi connectivity index (χ0) is 108. The molecule has 12 unspecified atom stereocenters. The molecule has 0 aliphatic carbocycles. The molecule has 0 saturated carbocycles. The first-order valence-electron chi connectivity index (χ1n) is 46.7. The Morgan fingerprint density at radius 1 is 0.585 bits per heavy atom. The van der Waals surface area contributed by atoms with Gasteiger partial charge in [0.05, 0.1) is 90.7 Å². The average Bonchev–Trinajstić information content (AvgIpc) is 1.77. The largest absolute Gasteiger partial charge is 1.00 e. The van der Waals surface area contributed by atoms with E-state index in [1.54, 1.807) is 75.8 Å². The zero-order valence-corrected chi connectivity index (χ0v) is 98.9. The maximum atomic E-state index is 12.4. The Labute approximate surface area is 967 Å². The van der Waals surface area contributed by atoms with Crippen LogP contribution in [-0.2, 0) is 124 Å². The van der Waals surface area contributed by atoms with Crippen molar-refractivity contribution in [2.75, 3.05) is 166 Å². The van der Waals surface area contributed by atoms with E-state index in [1.807, 2.05) is 70.0 Å². The van der Waals surface area contributed by atoms with E-state index in [0.29, 0.717) is 89.9 Å². The number of nitrogens with two attached hydrogens (primary N) is 1. The van der Waals surface area contributed by atoms with Gasteiger partial charge >= 0.3 is 138 Å². The Hall–Kier alpha value is -3.54. The van der Waals surface area contributed by atoms with E-state index in [9.17, 15) is 62.7 Å². The van der Waals surface area contributed by atoms with Gasteiger partial charge < -0.3 is 90.1 Å². The summed E-state index contributed by atoms with van der Waals surface area (Å²) in [4.78, 5) is 99.7. The van der Waals surface area contributed by atoms with Gasteiger partial charge in [-0.15, -0.1) is 35.6 Å². The minimum absolute atomic E-state index is 0.